The average molecular weight is 262 g/mol. The molecule has 0 radical (unpaired) electrons. The molecule has 0 aliphatic rings. The van der Waals surface area contributed by atoms with Crippen LogP contribution in [0.15, 0.2) is 28.8 Å². The van der Waals surface area contributed by atoms with Gasteiger partial charge in [0.05, 0.1) is 0 Å². The minimum atomic E-state index is -1.04. The van der Waals surface area contributed by atoms with Gasteiger partial charge in [0.2, 0.25) is 11.7 Å². The van der Waals surface area contributed by atoms with E-state index in [1.54, 1.807) is 18.2 Å². The molecule has 0 amide bonds. The van der Waals surface area contributed by atoms with Gasteiger partial charge in [-0.25, -0.2) is 4.79 Å². The number of hydrogen-bond donors (Lipinski definition) is 1. The fraction of sp³-hybridized carbons (Fsp3) is 0.308. The van der Waals surface area contributed by atoms with E-state index >= 15 is 0 Å². The molecule has 1 aromatic carbocycles. The van der Waals surface area contributed by atoms with E-state index in [0.717, 1.165) is 0 Å². The molecular formula is C13H14N2O4. The lowest BCUT2D eigenvalue weighted by atomic mass is 10.2. The van der Waals surface area contributed by atoms with E-state index in [1.807, 2.05) is 13.8 Å². The van der Waals surface area contributed by atoms with E-state index in [9.17, 15) is 4.79 Å². The molecule has 1 aromatic heterocycles. The molecule has 6 nitrogen and oxygen atoms in total. The summed E-state index contributed by atoms with van der Waals surface area (Å²) in [4.78, 5) is 15.1. The van der Waals surface area contributed by atoms with Gasteiger partial charge in [0.1, 0.15) is 11.3 Å². The number of carbonyl (C=O) groups is 1. The van der Waals surface area contributed by atoms with Crippen LogP contribution in [0.4, 0.5) is 0 Å². The SMILES string of the molecule is CC(C)c1nc(COc2ccccc2C(=O)O)no1. The van der Waals surface area contributed by atoms with Crippen LogP contribution in [0.5, 0.6) is 5.75 Å². The Labute approximate surface area is 110 Å². The summed E-state index contributed by atoms with van der Waals surface area (Å²) in [5.41, 5.74) is 0.107. The third kappa shape index (κ3) is 3.09. The lowest BCUT2D eigenvalue weighted by Gasteiger charge is -2.06. The first-order chi connectivity index (χ1) is 9.08. The molecular weight excluding hydrogens is 248 g/mol. The molecule has 0 saturated heterocycles. The van der Waals surface area contributed by atoms with Crippen LogP contribution in [0.1, 0.15) is 41.8 Å². The highest BCUT2D eigenvalue weighted by molar-refractivity contribution is 5.90. The van der Waals surface area contributed by atoms with Crippen LogP contribution in [-0.4, -0.2) is 21.2 Å². The van der Waals surface area contributed by atoms with Crippen molar-refractivity contribution in [1.29, 1.82) is 0 Å². The second kappa shape index (κ2) is 5.51. The van der Waals surface area contributed by atoms with Gasteiger partial charge in [0.25, 0.3) is 0 Å². The van der Waals surface area contributed by atoms with Gasteiger partial charge in [-0.3, -0.25) is 0 Å². The minimum Gasteiger partial charge on any atom is -0.485 e. The molecule has 6 heteroatoms. The quantitative estimate of drug-likeness (QED) is 0.890. The number of aromatic carboxylic acids is 1. The van der Waals surface area contributed by atoms with Crippen LogP contribution in [0.25, 0.3) is 0 Å². The number of carboxylic acids is 1. The normalized spacial score (nSPS) is 10.7. The Kier molecular flexibility index (Phi) is 3.79. The van der Waals surface area contributed by atoms with Crippen LogP contribution < -0.4 is 4.74 Å². The van der Waals surface area contributed by atoms with E-state index < -0.39 is 5.97 Å². The molecule has 100 valence electrons. The molecule has 0 fully saturated rings. The van der Waals surface area contributed by atoms with E-state index in [4.69, 9.17) is 14.4 Å². The monoisotopic (exact) mass is 262 g/mol. The van der Waals surface area contributed by atoms with Crippen molar-refractivity contribution in [2.45, 2.75) is 26.4 Å². The molecule has 2 rings (SSSR count). The first-order valence-corrected chi connectivity index (χ1v) is 5.85. The lowest BCUT2D eigenvalue weighted by Crippen LogP contribution is -2.04. The number of para-hydroxylation sites is 1. The predicted octanol–water partition coefficient (Wildman–Crippen LogP) is 2.47. The lowest BCUT2D eigenvalue weighted by molar-refractivity contribution is 0.0691. The summed E-state index contributed by atoms with van der Waals surface area (Å²) in [6, 6.07) is 6.42. The molecule has 1 heterocycles. The van der Waals surface area contributed by atoms with Gasteiger partial charge >= 0.3 is 5.97 Å². The number of ether oxygens (including phenoxy) is 1. The maximum Gasteiger partial charge on any atom is 0.339 e. The second-order valence-electron chi connectivity index (χ2n) is 4.29. The molecule has 0 atom stereocenters. The van der Waals surface area contributed by atoms with Gasteiger partial charge in [-0.15, -0.1) is 0 Å². The van der Waals surface area contributed by atoms with Crippen molar-refractivity contribution in [2.75, 3.05) is 0 Å². The third-order valence-corrected chi connectivity index (χ3v) is 2.45. The minimum absolute atomic E-state index is 0.0700. The van der Waals surface area contributed by atoms with Gasteiger partial charge in [0.15, 0.2) is 6.61 Å². The fourth-order valence-corrected chi connectivity index (χ4v) is 1.47. The first kappa shape index (κ1) is 13.1. The summed E-state index contributed by atoms with van der Waals surface area (Å²) in [5, 5.41) is 12.8. The summed E-state index contributed by atoms with van der Waals surface area (Å²) in [6.45, 7) is 3.95. The van der Waals surface area contributed by atoms with Gasteiger partial charge in [-0.05, 0) is 12.1 Å². The number of hydrogen-bond acceptors (Lipinski definition) is 5. The van der Waals surface area contributed by atoms with Crippen molar-refractivity contribution in [3.63, 3.8) is 0 Å². The van der Waals surface area contributed by atoms with Crippen LogP contribution in [-0.2, 0) is 6.61 Å². The third-order valence-electron chi connectivity index (χ3n) is 2.45. The summed E-state index contributed by atoms with van der Waals surface area (Å²) < 4.78 is 10.4. The fourth-order valence-electron chi connectivity index (χ4n) is 1.47. The topological polar surface area (TPSA) is 85.5 Å². The zero-order valence-corrected chi connectivity index (χ0v) is 10.7. The van der Waals surface area contributed by atoms with Gasteiger partial charge in [-0.2, -0.15) is 4.98 Å². The van der Waals surface area contributed by atoms with Crippen LogP contribution in [0, 0.1) is 0 Å². The molecule has 2 aromatic rings. The van der Waals surface area contributed by atoms with E-state index in [1.165, 1.54) is 6.07 Å². The van der Waals surface area contributed by atoms with Crippen molar-refractivity contribution < 1.29 is 19.2 Å². The Balaban J connectivity index is 2.08. The maximum absolute atomic E-state index is 11.0. The van der Waals surface area contributed by atoms with Gasteiger partial charge in [-0.1, -0.05) is 31.1 Å². The van der Waals surface area contributed by atoms with Crippen molar-refractivity contribution in [1.82, 2.24) is 10.1 Å². The highest BCUT2D eigenvalue weighted by Gasteiger charge is 2.13. The maximum atomic E-state index is 11.0. The smallest absolute Gasteiger partial charge is 0.339 e. The van der Waals surface area contributed by atoms with Crippen LogP contribution in [0.2, 0.25) is 0 Å². The van der Waals surface area contributed by atoms with Crippen molar-refractivity contribution in [3.8, 4) is 5.75 Å². The Hall–Kier alpha value is -2.37. The molecule has 1 N–H and O–H groups in total. The number of rotatable bonds is 5. The Morgan fingerprint density at radius 3 is 2.79 bits per heavy atom. The molecule has 0 aliphatic heterocycles. The molecule has 19 heavy (non-hydrogen) atoms. The van der Waals surface area contributed by atoms with Crippen molar-refractivity contribution in [2.24, 2.45) is 0 Å². The highest BCUT2D eigenvalue weighted by atomic mass is 16.5. The van der Waals surface area contributed by atoms with E-state index in [0.29, 0.717) is 11.7 Å². The summed E-state index contributed by atoms with van der Waals surface area (Å²) >= 11 is 0. The molecule has 0 bridgehead atoms. The van der Waals surface area contributed by atoms with E-state index in [-0.39, 0.29) is 23.8 Å². The number of nitrogens with zero attached hydrogens (tertiary/aromatic N) is 2. The van der Waals surface area contributed by atoms with Gasteiger partial charge in [0, 0.05) is 5.92 Å². The number of carboxylic acid groups (broad SMARTS) is 1. The second-order valence-corrected chi connectivity index (χ2v) is 4.29. The zero-order valence-electron chi connectivity index (χ0n) is 10.7. The van der Waals surface area contributed by atoms with E-state index in [2.05, 4.69) is 10.1 Å². The predicted molar refractivity (Wildman–Crippen MR) is 66.1 cm³/mol. The molecule has 0 aliphatic carbocycles. The van der Waals surface area contributed by atoms with Crippen molar-refractivity contribution >= 4 is 5.97 Å². The largest absolute Gasteiger partial charge is 0.485 e. The van der Waals surface area contributed by atoms with Crippen molar-refractivity contribution in [3.05, 3.63) is 41.5 Å². The molecule has 0 spiro atoms. The highest BCUT2D eigenvalue weighted by Crippen LogP contribution is 2.19. The zero-order chi connectivity index (χ0) is 13.8. The standard InChI is InChI=1S/C13H14N2O4/c1-8(2)12-14-11(15-19-12)7-18-10-6-4-3-5-9(10)13(16)17/h3-6,8H,7H2,1-2H3,(H,16,17). The van der Waals surface area contributed by atoms with Crippen LogP contribution in [0.3, 0.4) is 0 Å². The Morgan fingerprint density at radius 1 is 1.42 bits per heavy atom. The molecule has 0 saturated carbocycles. The average Bonchev–Trinajstić information content (AvgIpc) is 2.85. The first-order valence-electron chi connectivity index (χ1n) is 5.85. The molecule has 0 unspecified atom stereocenters. The Morgan fingerprint density at radius 2 is 2.16 bits per heavy atom. The Bertz CT molecular complexity index is 578. The number of aromatic nitrogens is 2. The summed E-state index contributed by atoms with van der Waals surface area (Å²) in [5.74, 6) is 0.319. The van der Waals surface area contributed by atoms with Crippen LogP contribution >= 0.6 is 0 Å². The summed E-state index contributed by atoms with van der Waals surface area (Å²) in [7, 11) is 0. The summed E-state index contributed by atoms with van der Waals surface area (Å²) in [6.07, 6.45) is 0. The number of benzene rings is 1. The van der Waals surface area contributed by atoms with Gasteiger partial charge < -0.3 is 14.4 Å².